The summed E-state index contributed by atoms with van der Waals surface area (Å²) in [5, 5.41) is 3.58. The van der Waals surface area contributed by atoms with Crippen LogP contribution < -0.4 is 10.1 Å². The number of amides is 1. The van der Waals surface area contributed by atoms with Gasteiger partial charge in [0.2, 0.25) is 0 Å². The van der Waals surface area contributed by atoms with Crippen molar-refractivity contribution < 1.29 is 9.53 Å². The molecule has 0 aromatic heterocycles. The van der Waals surface area contributed by atoms with E-state index in [9.17, 15) is 4.79 Å². The molecule has 0 bridgehead atoms. The van der Waals surface area contributed by atoms with E-state index in [-0.39, 0.29) is 5.91 Å². The number of rotatable bonds is 6. The molecular formula is C20H24ClNO2. The van der Waals surface area contributed by atoms with Crippen LogP contribution in [0.5, 0.6) is 5.75 Å². The van der Waals surface area contributed by atoms with E-state index in [0.717, 1.165) is 22.4 Å². The summed E-state index contributed by atoms with van der Waals surface area (Å²) in [7, 11) is 0. The Morgan fingerprint density at radius 3 is 2.42 bits per heavy atom. The number of halogens is 1. The Kier molecular flexibility index (Phi) is 6.27. The largest absolute Gasteiger partial charge is 0.481 e. The maximum absolute atomic E-state index is 12.3. The van der Waals surface area contributed by atoms with Gasteiger partial charge in [-0.15, -0.1) is 0 Å². The third kappa shape index (κ3) is 5.00. The summed E-state index contributed by atoms with van der Waals surface area (Å²) >= 11 is 5.86. The summed E-state index contributed by atoms with van der Waals surface area (Å²) in [5.41, 5.74) is 3.22. The highest BCUT2D eigenvalue weighted by Gasteiger charge is 2.17. The van der Waals surface area contributed by atoms with Crippen molar-refractivity contribution in [2.75, 3.05) is 0 Å². The lowest BCUT2D eigenvalue weighted by atomic mass is 10.0. The molecule has 1 amide bonds. The van der Waals surface area contributed by atoms with Gasteiger partial charge in [-0.3, -0.25) is 4.79 Å². The molecular weight excluding hydrogens is 322 g/mol. The zero-order valence-corrected chi connectivity index (χ0v) is 15.4. The highest BCUT2D eigenvalue weighted by Crippen LogP contribution is 2.28. The highest BCUT2D eigenvalue weighted by molar-refractivity contribution is 6.30. The number of carbonyl (C=O) groups is 1. The molecule has 3 nitrogen and oxygen atoms in total. The number of carbonyl (C=O) groups excluding carboxylic acids is 1. The number of benzene rings is 2. The van der Waals surface area contributed by atoms with Crippen molar-refractivity contribution in [1.82, 2.24) is 5.32 Å². The first-order valence-electron chi connectivity index (χ1n) is 8.16. The highest BCUT2D eigenvalue weighted by atomic mass is 35.5. The van der Waals surface area contributed by atoms with Crippen LogP contribution in [0.2, 0.25) is 5.02 Å². The summed E-state index contributed by atoms with van der Waals surface area (Å²) in [6.45, 7) is 8.46. The quantitative estimate of drug-likeness (QED) is 0.812. The van der Waals surface area contributed by atoms with Crippen LogP contribution in [-0.2, 0) is 11.3 Å². The van der Waals surface area contributed by atoms with Crippen LogP contribution in [0.4, 0.5) is 0 Å². The number of nitrogens with one attached hydrogen (secondary N) is 1. The number of hydrogen-bond donors (Lipinski definition) is 1. The van der Waals surface area contributed by atoms with Crippen molar-refractivity contribution in [3.8, 4) is 5.75 Å². The van der Waals surface area contributed by atoms with Crippen LogP contribution in [0.1, 0.15) is 43.4 Å². The van der Waals surface area contributed by atoms with Gasteiger partial charge in [0.05, 0.1) is 0 Å². The predicted molar refractivity (Wildman–Crippen MR) is 98.7 cm³/mol. The van der Waals surface area contributed by atoms with Crippen LogP contribution in [-0.4, -0.2) is 12.0 Å². The third-order valence-electron chi connectivity index (χ3n) is 3.84. The lowest BCUT2D eigenvalue weighted by Crippen LogP contribution is -2.36. The van der Waals surface area contributed by atoms with Crippen molar-refractivity contribution in [2.45, 2.75) is 46.3 Å². The second-order valence-electron chi connectivity index (χ2n) is 6.30. The van der Waals surface area contributed by atoms with Gasteiger partial charge < -0.3 is 10.1 Å². The second kappa shape index (κ2) is 8.20. The zero-order valence-electron chi connectivity index (χ0n) is 14.6. The maximum Gasteiger partial charge on any atom is 0.261 e. The van der Waals surface area contributed by atoms with Gasteiger partial charge in [-0.25, -0.2) is 0 Å². The molecule has 0 unspecified atom stereocenters. The first-order valence-corrected chi connectivity index (χ1v) is 8.54. The molecule has 0 aliphatic carbocycles. The van der Waals surface area contributed by atoms with Gasteiger partial charge in [0, 0.05) is 11.6 Å². The molecule has 0 aliphatic heterocycles. The molecule has 0 radical (unpaired) electrons. The molecule has 0 saturated heterocycles. The van der Waals surface area contributed by atoms with E-state index in [2.05, 4.69) is 31.3 Å². The van der Waals surface area contributed by atoms with Gasteiger partial charge >= 0.3 is 0 Å². The Balaban J connectivity index is 1.98. The topological polar surface area (TPSA) is 38.3 Å². The van der Waals surface area contributed by atoms with Crippen LogP contribution in [0.3, 0.4) is 0 Å². The normalized spacial score (nSPS) is 12.1. The minimum Gasteiger partial charge on any atom is -0.481 e. The molecule has 2 rings (SSSR count). The summed E-state index contributed by atoms with van der Waals surface area (Å²) < 4.78 is 5.92. The molecule has 2 aromatic rings. The third-order valence-corrected chi connectivity index (χ3v) is 4.10. The second-order valence-corrected chi connectivity index (χ2v) is 6.74. The fourth-order valence-corrected chi connectivity index (χ4v) is 2.53. The number of ether oxygens (including phenoxy) is 1. The number of hydrogen-bond acceptors (Lipinski definition) is 2. The SMILES string of the molecule is Cc1ccc(C(C)C)c(O[C@H](C)C(=O)NCc2ccc(Cl)cc2)c1. The van der Waals surface area contributed by atoms with Gasteiger partial charge in [-0.2, -0.15) is 0 Å². The van der Waals surface area contributed by atoms with Crippen LogP contribution in [0.25, 0.3) is 0 Å². The lowest BCUT2D eigenvalue weighted by molar-refractivity contribution is -0.127. The molecule has 1 N–H and O–H groups in total. The minimum atomic E-state index is -0.559. The standard InChI is InChI=1S/C20H24ClNO2/c1-13(2)18-10-5-14(3)11-19(18)24-15(4)20(23)22-12-16-6-8-17(21)9-7-16/h5-11,13,15H,12H2,1-4H3,(H,22,23)/t15-/m1/s1. The average molecular weight is 346 g/mol. The Morgan fingerprint density at radius 2 is 1.79 bits per heavy atom. The predicted octanol–water partition coefficient (Wildman–Crippen LogP) is 4.86. The number of aryl methyl sites for hydroxylation is 1. The van der Waals surface area contributed by atoms with Crippen molar-refractivity contribution in [3.63, 3.8) is 0 Å². The van der Waals surface area contributed by atoms with Gasteiger partial charge in [0.15, 0.2) is 6.10 Å². The Bertz CT molecular complexity index is 695. The summed E-state index contributed by atoms with van der Waals surface area (Å²) in [4.78, 5) is 12.3. The van der Waals surface area contributed by atoms with Gasteiger partial charge in [-0.05, 0) is 54.7 Å². The Morgan fingerprint density at radius 1 is 1.12 bits per heavy atom. The molecule has 24 heavy (non-hydrogen) atoms. The first kappa shape index (κ1) is 18.3. The van der Waals surface area contributed by atoms with Crippen molar-refractivity contribution in [3.05, 3.63) is 64.2 Å². The average Bonchev–Trinajstić information content (AvgIpc) is 2.53. The van der Waals surface area contributed by atoms with E-state index in [1.54, 1.807) is 6.92 Å². The Hall–Kier alpha value is -2.00. The maximum atomic E-state index is 12.3. The van der Waals surface area contributed by atoms with Gasteiger partial charge in [0.1, 0.15) is 5.75 Å². The molecule has 0 spiro atoms. The van der Waals surface area contributed by atoms with Crippen LogP contribution in [0.15, 0.2) is 42.5 Å². The van der Waals surface area contributed by atoms with E-state index in [1.807, 2.05) is 37.3 Å². The van der Waals surface area contributed by atoms with E-state index in [0.29, 0.717) is 17.5 Å². The summed E-state index contributed by atoms with van der Waals surface area (Å²) in [6, 6.07) is 13.5. The van der Waals surface area contributed by atoms with E-state index < -0.39 is 6.10 Å². The minimum absolute atomic E-state index is 0.138. The van der Waals surface area contributed by atoms with Crippen LogP contribution in [0, 0.1) is 6.92 Å². The van der Waals surface area contributed by atoms with Crippen molar-refractivity contribution in [1.29, 1.82) is 0 Å². The van der Waals surface area contributed by atoms with Crippen molar-refractivity contribution >= 4 is 17.5 Å². The molecule has 0 saturated carbocycles. The summed E-state index contributed by atoms with van der Waals surface area (Å²) in [5.74, 6) is 0.977. The molecule has 1 atom stereocenters. The summed E-state index contributed by atoms with van der Waals surface area (Å²) in [6.07, 6.45) is -0.559. The van der Waals surface area contributed by atoms with Gasteiger partial charge in [-0.1, -0.05) is 49.7 Å². The monoisotopic (exact) mass is 345 g/mol. The van der Waals surface area contributed by atoms with Crippen LogP contribution >= 0.6 is 11.6 Å². The smallest absolute Gasteiger partial charge is 0.261 e. The molecule has 128 valence electrons. The molecule has 2 aromatic carbocycles. The fraction of sp³-hybridized carbons (Fsp3) is 0.350. The van der Waals surface area contributed by atoms with Crippen molar-refractivity contribution in [2.24, 2.45) is 0 Å². The van der Waals surface area contributed by atoms with E-state index in [4.69, 9.17) is 16.3 Å². The zero-order chi connectivity index (χ0) is 17.7. The molecule has 0 aliphatic rings. The fourth-order valence-electron chi connectivity index (χ4n) is 2.40. The van der Waals surface area contributed by atoms with E-state index in [1.165, 1.54) is 0 Å². The molecule has 0 fully saturated rings. The Labute approximate surface area is 149 Å². The molecule has 4 heteroatoms. The van der Waals surface area contributed by atoms with Gasteiger partial charge in [0.25, 0.3) is 5.91 Å². The lowest BCUT2D eigenvalue weighted by Gasteiger charge is -2.19. The molecule has 0 heterocycles. The first-order chi connectivity index (χ1) is 11.4. The van der Waals surface area contributed by atoms with E-state index >= 15 is 0 Å².